The molecule has 0 aliphatic rings. The average molecular weight is 339 g/mol. The number of rotatable bonds is 4. The Morgan fingerprint density at radius 3 is 2.61 bits per heavy atom. The van der Waals surface area contributed by atoms with Crippen LogP contribution in [0.1, 0.15) is 6.92 Å². The van der Waals surface area contributed by atoms with Gasteiger partial charge < -0.3 is 10.6 Å². The van der Waals surface area contributed by atoms with Gasteiger partial charge in [0, 0.05) is 17.8 Å². The van der Waals surface area contributed by atoms with Crippen molar-refractivity contribution in [1.82, 2.24) is 10.3 Å². The zero-order valence-corrected chi connectivity index (χ0v) is 14.4. The second-order valence-electron chi connectivity index (χ2n) is 5.33. The first-order chi connectivity index (χ1) is 11.1. The number of aromatic nitrogens is 1. The van der Waals surface area contributed by atoms with Crippen molar-refractivity contribution < 1.29 is 0 Å². The van der Waals surface area contributed by atoms with Gasteiger partial charge in [-0.25, -0.2) is 4.98 Å². The van der Waals surface area contributed by atoms with Crippen LogP contribution in [0.4, 0.5) is 5.69 Å². The minimum absolute atomic E-state index is 0.598. The van der Waals surface area contributed by atoms with Gasteiger partial charge in [-0.05, 0) is 55.5 Å². The van der Waals surface area contributed by atoms with Crippen molar-refractivity contribution in [1.29, 1.82) is 0 Å². The molecule has 0 saturated heterocycles. The zero-order chi connectivity index (χ0) is 16.2. The van der Waals surface area contributed by atoms with Crippen molar-refractivity contribution in [2.75, 3.05) is 11.9 Å². The molecule has 1 heterocycles. The van der Waals surface area contributed by atoms with E-state index >= 15 is 0 Å². The molecule has 116 valence electrons. The van der Waals surface area contributed by atoms with Crippen LogP contribution in [0.5, 0.6) is 0 Å². The monoisotopic (exact) mass is 339 g/mol. The molecule has 0 amide bonds. The van der Waals surface area contributed by atoms with Crippen LogP contribution in [0.3, 0.4) is 0 Å². The highest BCUT2D eigenvalue weighted by Gasteiger charge is 2.06. The molecule has 2 aromatic carbocycles. The first-order valence-electron chi connectivity index (χ1n) is 7.27. The molecule has 0 bridgehead atoms. The van der Waals surface area contributed by atoms with Crippen molar-refractivity contribution in [3.05, 3.63) is 60.7 Å². The van der Waals surface area contributed by atoms with Gasteiger partial charge in [0.25, 0.3) is 0 Å². The van der Waals surface area contributed by atoms with Crippen molar-refractivity contribution in [2.45, 2.75) is 6.92 Å². The molecule has 0 aliphatic carbocycles. The Bertz CT molecular complexity index is 817. The second-order valence-corrected chi connectivity index (χ2v) is 6.77. The molecule has 0 atom stereocenters. The molecule has 5 heteroatoms. The van der Waals surface area contributed by atoms with Gasteiger partial charge in [0.15, 0.2) is 5.11 Å². The van der Waals surface area contributed by atoms with E-state index in [1.165, 1.54) is 4.70 Å². The number of nitrogens with zero attached hydrogens (tertiary/aromatic N) is 1. The van der Waals surface area contributed by atoms with E-state index in [4.69, 9.17) is 12.2 Å². The fourth-order valence-electron chi connectivity index (χ4n) is 2.10. The number of thiazole rings is 1. The Morgan fingerprint density at radius 2 is 1.91 bits per heavy atom. The van der Waals surface area contributed by atoms with Crippen LogP contribution >= 0.6 is 23.6 Å². The van der Waals surface area contributed by atoms with E-state index in [0.29, 0.717) is 11.7 Å². The van der Waals surface area contributed by atoms with E-state index in [0.717, 1.165) is 27.3 Å². The first-order valence-corrected chi connectivity index (χ1v) is 8.49. The number of para-hydroxylation sites is 1. The van der Waals surface area contributed by atoms with Gasteiger partial charge in [-0.1, -0.05) is 24.3 Å². The van der Waals surface area contributed by atoms with E-state index in [1.54, 1.807) is 11.3 Å². The third-order valence-electron chi connectivity index (χ3n) is 3.23. The summed E-state index contributed by atoms with van der Waals surface area (Å²) in [6.45, 7) is 6.48. The second kappa shape index (κ2) is 6.89. The Hall–Kier alpha value is -2.24. The first kappa shape index (κ1) is 15.6. The predicted molar refractivity (Wildman–Crippen MR) is 104 cm³/mol. The topological polar surface area (TPSA) is 37.0 Å². The van der Waals surface area contributed by atoms with Gasteiger partial charge >= 0.3 is 0 Å². The van der Waals surface area contributed by atoms with Crippen LogP contribution in [0.25, 0.3) is 20.8 Å². The Morgan fingerprint density at radius 1 is 1.17 bits per heavy atom. The van der Waals surface area contributed by atoms with Crippen molar-refractivity contribution in [3.8, 4) is 10.6 Å². The lowest BCUT2D eigenvalue weighted by atomic mass is 10.2. The largest absolute Gasteiger partial charge is 0.359 e. The summed E-state index contributed by atoms with van der Waals surface area (Å²) in [4.78, 5) is 4.67. The molecule has 3 nitrogen and oxygen atoms in total. The highest BCUT2D eigenvalue weighted by atomic mass is 32.1. The maximum Gasteiger partial charge on any atom is 0.171 e. The summed E-state index contributed by atoms with van der Waals surface area (Å²) in [5.74, 6) is 0. The van der Waals surface area contributed by atoms with E-state index < -0.39 is 0 Å². The SMILES string of the molecule is C=C(C)CNC(=S)Nc1ccc(-c2nc3ccccc3s2)cc1. The van der Waals surface area contributed by atoms with Crippen LogP contribution in [-0.4, -0.2) is 16.6 Å². The fraction of sp³-hybridized carbons (Fsp3) is 0.111. The van der Waals surface area contributed by atoms with Crippen LogP contribution < -0.4 is 10.6 Å². The lowest BCUT2D eigenvalue weighted by Gasteiger charge is -2.10. The summed E-state index contributed by atoms with van der Waals surface area (Å²) in [5, 5.41) is 7.90. The van der Waals surface area contributed by atoms with Gasteiger partial charge in [0.05, 0.1) is 10.2 Å². The molecule has 3 aromatic rings. The summed E-state index contributed by atoms with van der Waals surface area (Å²) in [6.07, 6.45) is 0. The van der Waals surface area contributed by atoms with Crippen LogP contribution in [0.15, 0.2) is 60.7 Å². The van der Waals surface area contributed by atoms with Crippen molar-refractivity contribution in [2.24, 2.45) is 0 Å². The van der Waals surface area contributed by atoms with E-state index in [2.05, 4.69) is 40.4 Å². The summed E-state index contributed by atoms with van der Waals surface area (Å²) >= 11 is 6.95. The minimum Gasteiger partial charge on any atom is -0.359 e. The molecule has 0 unspecified atom stereocenters. The van der Waals surface area contributed by atoms with E-state index in [9.17, 15) is 0 Å². The number of benzene rings is 2. The summed E-state index contributed by atoms with van der Waals surface area (Å²) in [7, 11) is 0. The molecule has 23 heavy (non-hydrogen) atoms. The molecule has 0 aliphatic heterocycles. The van der Waals surface area contributed by atoms with Gasteiger partial charge in [0.1, 0.15) is 5.01 Å². The van der Waals surface area contributed by atoms with Crippen LogP contribution in [-0.2, 0) is 0 Å². The van der Waals surface area contributed by atoms with Gasteiger partial charge in [-0.3, -0.25) is 0 Å². The van der Waals surface area contributed by atoms with Gasteiger partial charge in [-0.15, -0.1) is 11.3 Å². The normalized spacial score (nSPS) is 10.5. The maximum atomic E-state index is 5.25. The fourth-order valence-corrected chi connectivity index (χ4v) is 3.26. The lowest BCUT2D eigenvalue weighted by Crippen LogP contribution is -2.29. The number of anilines is 1. The van der Waals surface area contributed by atoms with E-state index in [1.807, 2.05) is 37.3 Å². The van der Waals surface area contributed by atoms with Gasteiger partial charge in [0.2, 0.25) is 0 Å². The summed E-state index contributed by atoms with van der Waals surface area (Å²) in [5.41, 5.74) is 4.15. The molecular formula is C18H17N3S2. The smallest absolute Gasteiger partial charge is 0.171 e. The van der Waals surface area contributed by atoms with Crippen molar-refractivity contribution >= 4 is 44.6 Å². The molecule has 2 N–H and O–H groups in total. The van der Waals surface area contributed by atoms with E-state index in [-0.39, 0.29) is 0 Å². The van der Waals surface area contributed by atoms with Crippen LogP contribution in [0.2, 0.25) is 0 Å². The number of fused-ring (bicyclic) bond motifs is 1. The number of nitrogens with one attached hydrogen (secondary N) is 2. The minimum atomic E-state index is 0.598. The average Bonchev–Trinajstić information content (AvgIpc) is 2.97. The quantitative estimate of drug-likeness (QED) is 0.527. The summed E-state index contributed by atoms with van der Waals surface area (Å²) < 4.78 is 1.20. The maximum absolute atomic E-state index is 5.25. The number of thiocarbonyl (C=S) groups is 1. The molecule has 0 spiro atoms. The van der Waals surface area contributed by atoms with Crippen LogP contribution in [0, 0.1) is 0 Å². The third kappa shape index (κ3) is 3.94. The van der Waals surface area contributed by atoms with Crippen molar-refractivity contribution in [3.63, 3.8) is 0 Å². The standard InChI is InChI=1S/C18H17N3S2/c1-12(2)11-19-18(22)20-14-9-7-13(8-10-14)17-21-15-5-3-4-6-16(15)23-17/h3-10H,1,11H2,2H3,(H2,19,20,22). The molecule has 0 fully saturated rings. The third-order valence-corrected chi connectivity index (χ3v) is 4.57. The highest BCUT2D eigenvalue weighted by Crippen LogP contribution is 2.30. The molecular weight excluding hydrogens is 322 g/mol. The number of hydrogen-bond acceptors (Lipinski definition) is 3. The highest BCUT2D eigenvalue weighted by molar-refractivity contribution is 7.80. The molecule has 0 radical (unpaired) electrons. The Balaban J connectivity index is 1.71. The molecule has 3 rings (SSSR count). The predicted octanol–water partition coefficient (Wildman–Crippen LogP) is 4.83. The Kier molecular flexibility index (Phi) is 4.69. The summed E-state index contributed by atoms with van der Waals surface area (Å²) in [6, 6.07) is 16.3. The van der Waals surface area contributed by atoms with Gasteiger partial charge in [-0.2, -0.15) is 0 Å². The zero-order valence-electron chi connectivity index (χ0n) is 12.8. The Labute approximate surface area is 145 Å². The molecule has 0 saturated carbocycles. The number of hydrogen-bond donors (Lipinski definition) is 2. The molecule has 1 aromatic heterocycles. The lowest BCUT2D eigenvalue weighted by molar-refractivity contribution is 1.000.